The van der Waals surface area contributed by atoms with Gasteiger partial charge in [-0.25, -0.2) is 9.98 Å². The first kappa shape index (κ1) is 17.0. The van der Waals surface area contributed by atoms with Crippen molar-refractivity contribution in [2.24, 2.45) is 4.99 Å². The fraction of sp³-hybridized carbons (Fsp3) is 0.300. The van der Waals surface area contributed by atoms with Gasteiger partial charge in [-0.05, 0) is 31.0 Å². The van der Waals surface area contributed by atoms with Crippen molar-refractivity contribution in [3.63, 3.8) is 0 Å². The topological polar surface area (TPSA) is 65.1 Å². The lowest BCUT2D eigenvalue weighted by atomic mass is 10.2. The van der Waals surface area contributed by atoms with E-state index in [0.717, 1.165) is 48.7 Å². The van der Waals surface area contributed by atoms with Crippen molar-refractivity contribution in [1.29, 1.82) is 0 Å². The van der Waals surface area contributed by atoms with Crippen LogP contribution in [0, 0.1) is 0 Å². The smallest absolute Gasteiger partial charge is 0.191 e. The van der Waals surface area contributed by atoms with E-state index in [-0.39, 0.29) is 0 Å². The van der Waals surface area contributed by atoms with E-state index in [1.165, 1.54) is 5.56 Å². The minimum Gasteiger partial charge on any atom is -0.357 e. The Kier molecular flexibility index (Phi) is 6.04. The first-order valence-electron chi connectivity index (χ1n) is 8.85. The summed E-state index contributed by atoms with van der Waals surface area (Å²) in [6.07, 6.45) is 1.91. The summed E-state index contributed by atoms with van der Waals surface area (Å²) in [5.74, 6) is 1.89. The molecule has 0 amide bonds. The van der Waals surface area contributed by atoms with Gasteiger partial charge >= 0.3 is 0 Å². The molecular formula is C20H25N5. The number of aromatic nitrogens is 2. The fourth-order valence-electron chi connectivity index (χ4n) is 2.68. The minimum atomic E-state index is 0.680. The van der Waals surface area contributed by atoms with Crippen molar-refractivity contribution < 1.29 is 0 Å². The third kappa shape index (κ3) is 5.08. The van der Waals surface area contributed by atoms with E-state index in [4.69, 9.17) is 0 Å². The quantitative estimate of drug-likeness (QED) is 0.353. The van der Waals surface area contributed by atoms with Gasteiger partial charge in [0.1, 0.15) is 5.82 Å². The molecular weight excluding hydrogens is 310 g/mol. The van der Waals surface area contributed by atoms with Crippen LogP contribution in [0.15, 0.2) is 59.6 Å². The molecule has 2 aromatic carbocycles. The van der Waals surface area contributed by atoms with Crippen molar-refractivity contribution in [3.05, 3.63) is 66.0 Å². The van der Waals surface area contributed by atoms with Gasteiger partial charge in [0, 0.05) is 19.5 Å². The minimum absolute atomic E-state index is 0.680. The van der Waals surface area contributed by atoms with Crippen LogP contribution in [0.4, 0.5) is 0 Å². The molecule has 1 heterocycles. The fourth-order valence-corrected chi connectivity index (χ4v) is 2.68. The second kappa shape index (κ2) is 8.87. The molecule has 0 radical (unpaired) electrons. The number of guanidine groups is 1. The van der Waals surface area contributed by atoms with E-state index >= 15 is 0 Å². The Morgan fingerprint density at radius 2 is 1.84 bits per heavy atom. The summed E-state index contributed by atoms with van der Waals surface area (Å²) in [4.78, 5) is 12.6. The molecule has 0 spiro atoms. The first-order chi connectivity index (χ1) is 12.3. The van der Waals surface area contributed by atoms with Crippen LogP contribution in [0.2, 0.25) is 0 Å². The number of aliphatic imine (C=N–C) groups is 1. The second-order valence-electron chi connectivity index (χ2n) is 5.91. The van der Waals surface area contributed by atoms with Crippen molar-refractivity contribution in [3.8, 4) is 0 Å². The van der Waals surface area contributed by atoms with Crippen molar-refractivity contribution in [2.45, 2.75) is 26.3 Å². The van der Waals surface area contributed by atoms with Gasteiger partial charge in [-0.3, -0.25) is 0 Å². The number of aryl methyl sites for hydroxylation is 1. The standard InChI is InChI=1S/C20H25N5/c1-2-21-20(23-15-16-9-4-3-5-10-16)22-14-8-13-19-24-17-11-6-7-12-18(17)25-19/h3-7,9-12H,2,8,13-15H2,1H3,(H,24,25)(H2,21,22,23). The highest BCUT2D eigenvalue weighted by Crippen LogP contribution is 2.11. The van der Waals surface area contributed by atoms with E-state index in [1.807, 2.05) is 36.4 Å². The summed E-state index contributed by atoms with van der Waals surface area (Å²) < 4.78 is 0. The zero-order chi connectivity index (χ0) is 17.3. The van der Waals surface area contributed by atoms with E-state index < -0.39 is 0 Å². The number of fused-ring (bicyclic) bond motifs is 1. The van der Waals surface area contributed by atoms with Gasteiger partial charge in [0.05, 0.1) is 17.6 Å². The van der Waals surface area contributed by atoms with E-state index in [1.54, 1.807) is 0 Å². The Hall–Kier alpha value is -2.82. The van der Waals surface area contributed by atoms with Crippen LogP contribution >= 0.6 is 0 Å². The average Bonchev–Trinajstić information content (AvgIpc) is 3.07. The molecule has 0 aliphatic rings. The van der Waals surface area contributed by atoms with Gasteiger partial charge in [-0.2, -0.15) is 0 Å². The Morgan fingerprint density at radius 1 is 1.04 bits per heavy atom. The molecule has 0 aliphatic carbocycles. The lowest BCUT2D eigenvalue weighted by molar-refractivity contribution is 0.727. The molecule has 130 valence electrons. The van der Waals surface area contributed by atoms with Crippen LogP contribution in [0.25, 0.3) is 11.0 Å². The molecule has 5 nitrogen and oxygen atoms in total. The molecule has 3 aromatic rings. The van der Waals surface area contributed by atoms with Crippen molar-refractivity contribution >= 4 is 17.0 Å². The summed E-state index contributed by atoms with van der Waals surface area (Å²) in [5.41, 5.74) is 3.34. The molecule has 0 aliphatic heterocycles. The predicted octanol–water partition coefficient (Wildman–Crippen LogP) is 3.25. The Labute approximate surface area is 148 Å². The molecule has 0 atom stereocenters. The number of imidazole rings is 1. The van der Waals surface area contributed by atoms with Gasteiger partial charge < -0.3 is 15.6 Å². The highest BCUT2D eigenvalue weighted by atomic mass is 15.2. The number of aromatic amines is 1. The van der Waals surface area contributed by atoms with Crippen LogP contribution in [-0.4, -0.2) is 29.0 Å². The Morgan fingerprint density at radius 3 is 2.64 bits per heavy atom. The Balaban J connectivity index is 1.48. The Bertz CT molecular complexity index is 774. The number of benzene rings is 2. The summed E-state index contributed by atoms with van der Waals surface area (Å²) in [6.45, 7) is 4.47. The van der Waals surface area contributed by atoms with Crippen LogP contribution in [0.5, 0.6) is 0 Å². The molecule has 5 heteroatoms. The molecule has 0 unspecified atom stereocenters. The van der Waals surface area contributed by atoms with Crippen LogP contribution < -0.4 is 10.6 Å². The number of nitrogens with zero attached hydrogens (tertiary/aromatic N) is 2. The van der Waals surface area contributed by atoms with Crippen molar-refractivity contribution in [1.82, 2.24) is 20.6 Å². The van der Waals surface area contributed by atoms with Crippen LogP contribution in [0.1, 0.15) is 24.7 Å². The molecule has 0 bridgehead atoms. The predicted molar refractivity (Wildman–Crippen MR) is 104 cm³/mol. The van der Waals surface area contributed by atoms with E-state index in [9.17, 15) is 0 Å². The normalized spacial score (nSPS) is 11.6. The van der Waals surface area contributed by atoms with Gasteiger partial charge in [-0.15, -0.1) is 0 Å². The van der Waals surface area contributed by atoms with Gasteiger partial charge in [0.2, 0.25) is 0 Å². The maximum absolute atomic E-state index is 4.63. The third-order valence-corrected chi connectivity index (χ3v) is 3.93. The molecule has 25 heavy (non-hydrogen) atoms. The van der Waals surface area contributed by atoms with Crippen LogP contribution in [-0.2, 0) is 13.0 Å². The molecule has 0 saturated heterocycles. The zero-order valence-electron chi connectivity index (χ0n) is 14.6. The SMILES string of the molecule is CCNC(=NCc1ccccc1)NCCCc1nc2ccccc2[nH]1. The third-order valence-electron chi connectivity index (χ3n) is 3.93. The number of nitrogens with one attached hydrogen (secondary N) is 3. The van der Waals surface area contributed by atoms with Gasteiger partial charge in [0.15, 0.2) is 5.96 Å². The van der Waals surface area contributed by atoms with Gasteiger partial charge in [-0.1, -0.05) is 42.5 Å². The second-order valence-corrected chi connectivity index (χ2v) is 5.91. The highest BCUT2D eigenvalue weighted by Gasteiger charge is 2.02. The number of hydrogen-bond acceptors (Lipinski definition) is 2. The molecule has 1 aromatic heterocycles. The number of hydrogen-bond donors (Lipinski definition) is 3. The summed E-state index contributed by atoms with van der Waals surface area (Å²) >= 11 is 0. The lowest BCUT2D eigenvalue weighted by Gasteiger charge is -2.11. The zero-order valence-corrected chi connectivity index (χ0v) is 14.6. The summed E-state index contributed by atoms with van der Waals surface area (Å²) in [7, 11) is 0. The average molecular weight is 335 g/mol. The molecule has 3 rings (SSSR count). The maximum atomic E-state index is 4.63. The number of rotatable bonds is 7. The number of para-hydroxylation sites is 2. The van der Waals surface area contributed by atoms with Crippen molar-refractivity contribution in [2.75, 3.05) is 13.1 Å². The summed E-state index contributed by atoms with van der Waals surface area (Å²) in [6, 6.07) is 18.4. The molecule has 0 fully saturated rings. The molecule has 3 N–H and O–H groups in total. The first-order valence-corrected chi connectivity index (χ1v) is 8.85. The van der Waals surface area contributed by atoms with E-state index in [2.05, 4.69) is 50.7 Å². The van der Waals surface area contributed by atoms with Crippen LogP contribution in [0.3, 0.4) is 0 Å². The largest absolute Gasteiger partial charge is 0.357 e. The lowest BCUT2D eigenvalue weighted by Crippen LogP contribution is -2.37. The maximum Gasteiger partial charge on any atom is 0.191 e. The highest BCUT2D eigenvalue weighted by molar-refractivity contribution is 5.79. The number of H-pyrrole nitrogens is 1. The summed E-state index contributed by atoms with van der Waals surface area (Å²) in [5, 5.41) is 6.68. The van der Waals surface area contributed by atoms with Gasteiger partial charge in [0.25, 0.3) is 0 Å². The molecule has 0 saturated carbocycles. The monoisotopic (exact) mass is 335 g/mol. The van der Waals surface area contributed by atoms with E-state index in [0.29, 0.717) is 6.54 Å².